The van der Waals surface area contributed by atoms with Crippen molar-refractivity contribution in [3.63, 3.8) is 0 Å². The minimum absolute atomic E-state index is 0.0284. The van der Waals surface area contributed by atoms with Gasteiger partial charge >= 0.3 is 6.18 Å². The van der Waals surface area contributed by atoms with Crippen LogP contribution in [0, 0.1) is 18.3 Å². The van der Waals surface area contributed by atoms with Crippen LogP contribution in [-0.4, -0.2) is 5.91 Å². The van der Waals surface area contributed by atoms with Gasteiger partial charge in [-0.3, -0.25) is 4.79 Å². The molecule has 1 aromatic carbocycles. The summed E-state index contributed by atoms with van der Waals surface area (Å²) in [6.45, 7) is 1.18. The summed E-state index contributed by atoms with van der Waals surface area (Å²) in [5.41, 5.74) is 2.87. The first-order valence-electron chi connectivity index (χ1n) is 4.19. The predicted octanol–water partition coefficient (Wildman–Crippen LogP) is 1.98. The maximum atomic E-state index is 12.6. The first-order valence-corrected chi connectivity index (χ1v) is 4.19. The Morgan fingerprint density at radius 3 is 2.38 bits per heavy atom. The summed E-state index contributed by atoms with van der Waals surface area (Å²) in [7, 11) is 0. The van der Waals surface area contributed by atoms with E-state index >= 15 is 0 Å². The van der Waals surface area contributed by atoms with Gasteiger partial charge in [-0.25, -0.2) is 0 Å². The quantitative estimate of drug-likeness (QED) is 0.798. The Balaban J connectivity index is 3.61. The van der Waals surface area contributed by atoms with E-state index in [0.717, 1.165) is 12.1 Å². The van der Waals surface area contributed by atoms with E-state index in [4.69, 9.17) is 11.0 Å². The molecule has 0 radical (unpaired) electrons. The zero-order valence-corrected chi connectivity index (χ0v) is 8.22. The summed E-state index contributed by atoms with van der Waals surface area (Å²) < 4.78 is 37.8. The standard InChI is InChI=1S/C10H7F3N2O/c1-5-2-6(4-14)3-7(9(15)16)8(5)10(11,12)13/h2-3H,1H3,(H2,15,16). The van der Waals surface area contributed by atoms with Gasteiger partial charge in [-0.05, 0) is 24.6 Å². The van der Waals surface area contributed by atoms with Crippen molar-refractivity contribution >= 4 is 5.91 Å². The van der Waals surface area contributed by atoms with E-state index in [9.17, 15) is 18.0 Å². The van der Waals surface area contributed by atoms with Crippen LogP contribution in [0.4, 0.5) is 13.2 Å². The molecule has 3 nitrogen and oxygen atoms in total. The number of nitrogens with zero attached hydrogens (tertiary/aromatic N) is 1. The number of amides is 1. The molecule has 0 heterocycles. The molecule has 0 aliphatic carbocycles. The molecule has 0 bridgehead atoms. The summed E-state index contributed by atoms with van der Waals surface area (Å²) in [6, 6.07) is 3.58. The van der Waals surface area contributed by atoms with Gasteiger partial charge < -0.3 is 5.73 Å². The summed E-state index contributed by atoms with van der Waals surface area (Å²) in [6.07, 6.45) is -4.66. The Hall–Kier alpha value is -2.03. The Labute approximate surface area is 89.3 Å². The summed E-state index contributed by atoms with van der Waals surface area (Å²) >= 11 is 0. The second kappa shape index (κ2) is 3.85. The van der Waals surface area contributed by atoms with Crippen molar-refractivity contribution in [3.05, 3.63) is 34.4 Å². The molecule has 0 saturated heterocycles. The third-order valence-electron chi connectivity index (χ3n) is 2.01. The number of carbonyl (C=O) groups is 1. The predicted molar refractivity (Wildman–Crippen MR) is 49.4 cm³/mol. The molecule has 0 unspecified atom stereocenters. The van der Waals surface area contributed by atoms with Crippen LogP contribution in [0.5, 0.6) is 0 Å². The molecule has 0 saturated carbocycles. The minimum Gasteiger partial charge on any atom is -0.366 e. The molecular formula is C10H7F3N2O. The van der Waals surface area contributed by atoms with Gasteiger partial charge in [0.05, 0.1) is 22.8 Å². The molecule has 0 spiro atoms. The van der Waals surface area contributed by atoms with Crippen LogP contribution in [0.1, 0.15) is 27.0 Å². The van der Waals surface area contributed by atoms with Gasteiger partial charge in [0.15, 0.2) is 0 Å². The third kappa shape index (κ3) is 2.14. The number of hydrogen-bond donors (Lipinski definition) is 1. The number of primary amides is 1. The highest BCUT2D eigenvalue weighted by Gasteiger charge is 2.36. The fourth-order valence-electron chi connectivity index (χ4n) is 1.42. The van der Waals surface area contributed by atoms with Gasteiger partial charge in [0, 0.05) is 0 Å². The van der Waals surface area contributed by atoms with Gasteiger partial charge in [-0.1, -0.05) is 0 Å². The zero-order valence-electron chi connectivity index (χ0n) is 8.22. The minimum atomic E-state index is -4.66. The van der Waals surface area contributed by atoms with Crippen molar-refractivity contribution < 1.29 is 18.0 Å². The molecule has 6 heteroatoms. The van der Waals surface area contributed by atoms with Crippen LogP contribution in [0.15, 0.2) is 12.1 Å². The van der Waals surface area contributed by atoms with Crippen LogP contribution in [0.2, 0.25) is 0 Å². The van der Waals surface area contributed by atoms with Crippen molar-refractivity contribution in [1.82, 2.24) is 0 Å². The lowest BCUT2D eigenvalue weighted by molar-refractivity contribution is -0.138. The fraction of sp³-hybridized carbons (Fsp3) is 0.200. The fourth-order valence-corrected chi connectivity index (χ4v) is 1.42. The number of aryl methyl sites for hydroxylation is 1. The van der Waals surface area contributed by atoms with Crippen LogP contribution < -0.4 is 5.73 Å². The first kappa shape index (κ1) is 12.0. The van der Waals surface area contributed by atoms with Crippen molar-refractivity contribution in [2.24, 2.45) is 5.73 Å². The number of rotatable bonds is 1. The molecule has 0 atom stereocenters. The molecule has 2 N–H and O–H groups in total. The molecule has 84 valence electrons. The maximum Gasteiger partial charge on any atom is 0.417 e. The highest BCUT2D eigenvalue weighted by molar-refractivity contribution is 5.95. The van der Waals surface area contributed by atoms with Crippen LogP contribution in [0.25, 0.3) is 0 Å². The number of nitriles is 1. The van der Waals surface area contributed by atoms with Crippen LogP contribution in [-0.2, 0) is 6.18 Å². The topological polar surface area (TPSA) is 66.9 Å². The number of halogens is 3. The van der Waals surface area contributed by atoms with Crippen LogP contribution in [0.3, 0.4) is 0 Å². The zero-order chi connectivity index (χ0) is 12.5. The highest BCUT2D eigenvalue weighted by atomic mass is 19.4. The lowest BCUT2D eigenvalue weighted by atomic mass is 9.98. The molecule has 0 aliphatic heterocycles. The van der Waals surface area contributed by atoms with E-state index in [1.54, 1.807) is 6.07 Å². The van der Waals surface area contributed by atoms with E-state index in [-0.39, 0.29) is 11.1 Å². The van der Waals surface area contributed by atoms with E-state index in [1.165, 1.54) is 6.92 Å². The molecule has 1 aromatic rings. The Morgan fingerprint density at radius 1 is 1.44 bits per heavy atom. The van der Waals surface area contributed by atoms with E-state index in [2.05, 4.69) is 0 Å². The Bertz CT molecular complexity index is 486. The third-order valence-corrected chi connectivity index (χ3v) is 2.01. The summed E-state index contributed by atoms with van der Waals surface area (Å²) in [5.74, 6) is -1.20. The van der Waals surface area contributed by atoms with E-state index < -0.39 is 23.2 Å². The Kier molecular flexibility index (Phi) is 2.90. The van der Waals surface area contributed by atoms with Crippen molar-refractivity contribution in [3.8, 4) is 6.07 Å². The largest absolute Gasteiger partial charge is 0.417 e. The van der Waals surface area contributed by atoms with Crippen LogP contribution >= 0.6 is 0 Å². The van der Waals surface area contributed by atoms with Crippen molar-refractivity contribution in [2.75, 3.05) is 0 Å². The SMILES string of the molecule is Cc1cc(C#N)cc(C(N)=O)c1C(F)(F)F. The lowest BCUT2D eigenvalue weighted by Crippen LogP contribution is -2.20. The number of hydrogen-bond acceptors (Lipinski definition) is 2. The lowest BCUT2D eigenvalue weighted by Gasteiger charge is -2.13. The van der Waals surface area contributed by atoms with Gasteiger partial charge in [-0.2, -0.15) is 18.4 Å². The normalized spacial score (nSPS) is 10.9. The number of nitrogens with two attached hydrogens (primary N) is 1. The van der Waals surface area contributed by atoms with Gasteiger partial charge in [0.25, 0.3) is 0 Å². The average Bonchev–Trinajstić information content (AvgIpc) is 2.14. The average molecular weight is 228 g/mol. The molecule has 16 heavy (non-hydrogen) atoms. The van der Waals surface area contributed by atoms with Crippen molar-refractivity contribution in [2.45, 2.75) is 13.1 Å². The second-order valence-corrected chi connectivity index (χ2v) is 3.19. The smallest absolute Gasteiger partial charge is 0.366 e. The summed E-state index contributed by atoms with van der Waals surface area (Å²) in [4.78, 5) is 10.9. The molecule has 1 rings (SSSR count). The number of benzene rings is 1. The monoisotopic (exact) mass is 228 g/mol. The molecule has 1 amide bonds. The van der Waals surface area contributed by atoms with Gasteiger partial charge in [0.2, 0.25) is 5.91 Å². The van der Waals surface area contributed by atoms with Crippen molar-refractivity contribution in [1.29, 1.82) is 5.26 Å². The van der Waals surface area contributed by atoms with E-state index in [0.29, 0.717) is 0 Å². The second-order valence-electron chi connectivity index (χ2n) is 3.19. The summed E-state index contributed by atoms with van der Waals surface area (Å²) in [5, 5.41) is 8.58. The maximum absolute atomic E-state index is 12.6. The highest BCUT2D eigenvalue weighted by Crippen LogP contribution is 2.34. The van der Waals surface area contributed by atoms with Gasteiger partial charge in [-0.15, -0.1) is 0 Å². The number of alkyl halides is 3. The number of carbonyl (C=O) groups excluding carboxylic acids is 1. The molecule has 0 aromatic heterocycles. The first-order chi connectivity index (χ1) is 7.27. The molecule has 0 fully saturated rings. The van der Waals surface area contributed by atoms with E-state index in [1.807, 2.05) is 0 Å². The molecular weight excluding hydrogens is 221 g/mol. The van der Waals surface area contributed by atoms with Gasteiger partial charge in [0.1, 0.15) is 0 Å². The Morgan fingerprint density at radius 2 is 2.00 bits per heavy atom. The molecule has 0 aliphatic rings.